The number of hydrogen-bond acceptors (Lipinski definition) is 2. The maximum absolute atomic E-state index is 12.1. The molecule has 0 N–H and O–H groups in total. The van der Waals surface area contributed by atoms with E-state index >= 15 is 0 Å². The van der Waals surface area contributed by atoms with Crippen molar-refractivity contribution in [2.24, 2.45) is 0 Å². The van der Waals surface area contributed by atoms with E-state index in [1.54, 1.807) is 0 Å². The fourth-order valence-electron chi connectivity index (χ4n) is 16.7. The summed E-state index contributed by atoms with van der Waals surface area (Å²) in [5, 5.41) is -0.185. The average Bonchev–Trinajstić information content (AvgIpc) is 1.67. The fraction of sp³-hybridized carbons (Fsp3) is 0.113. The molecule has 0 saturated carbocycles. The maximum atomic E-state index is 12.1. The van der Waals surface area contributed by atoms with Crippen molar-refractivity contribution < 1.29 is 30.2 Å². The number of aromatic nitrogens is 2. The van der Waals surface area contributed by atoms with Gasteiger partial charge in [-0.1, -0.05) is 60.7 Å². The van der Waals surface area contributed by atoms with E-state index < -0.39 is 173 Å². The molecule has 542 valence electrons. The summed E-state index contributed by atoms with van der Waals surface area (Å²) in [6.07, 6.45) is 0. The molecular weight excluding hydrogens is 1500 g/mol. The Balaban J connectivity index is 1.02. The number of fused-ring (bicyclic) bond motifs is 14. The minimum atomic E-state index is -1.60. The summed E-state index contributed by atoms with van der Waals surface area (Å²) in [7, 11) is 0. The van der Waals surface area contributed by atoms with Gasteiger partial charge in [0.2, 0.25) is 0 Å². The molecule has 0 aliphatic carbocycles. The predicted molar refractivity (Wildman–Crippen MR) is 487 cm³/mol. The Morgan fingerprint density at radius 1 is 0.301 bits per heavy atom. The van der Waals surface area contributed by atoms with Crippen molar-refractivity contribution in [1.82, 2.24) is 9.13 Å². The third kappa shape index (κ3) is 11.3. The van der Waals surface area contributed by atoms with Crippen LogP contribution in [0, 0.1) is 0 Å². The van der Waals surface area contributed by atoms with Gasteiger partial charge in [0, 0.05) is 0 Å². The van der Waals surface area contributed by atoms with Crippen LogP contribution in [-0.4, -0.2) is 44.9 Å². The van der Waals surface area contributed by atoms with Crippen LogP contribution in [0.4, 0.5) is 34.1 Å². The van der Waals surface area contributed by atoms with E-state index in [-0.39, 0.29) is 106 Å². The zero-order chi connectivity index (χ0) is 95.5. The van der Waals surface area contributed by atoms with Crippen molar-refractivity contribution in [3.05, 3.63) is 356 Å². The second-order valence-corrected chi connectivity index (χ2v) is 36.5. The second-order valence-electron chi connectivity index (χ2n) is 32.3. The number of anilines is 6. The molecule has 7 heteroatoms. The molecule has 0 amide bonds. The first-order chi connectivity index (χ1) is 64.1. The number of benzene rings is 15. The van der Waals surface area contributed by atoms with E-state index in [9.17, 15) is 24.7 Å². The molecule has 0 fully saturated rings. The zero-order valence-corrected chi connectivity index (χ0v) is 66.7. The molecule has 0 unspecified atom stereocenters. The number of para-hydroxylation sites is 2. The first kappa shape index (κ1) is 49.5. The van der Waals surface area contributed by atoms with Crippen LogP contribution in [0.15, 0.2) is 339 Å². The van der Waals surface area contributed by atoms with Gasteiger partial charge in [-0.3, -0.25) is 0 Å². The number of hydrogen-bond donors (Lipinski definition) is 0. The summed E-state index contributed by atoms with van der Waals surface area (Å²) in [5.41, 5.74) is 9.97. The molecule has 0 bridgehead atoms. The van der Waals surface area contributed by atoms with Crippen LogP contribution in [0.25, 0.3) is 139 Å². The minimum absolute atomic E-state index is 0.00641. The van der Waals surface area contributed by atoms with Gasteiger partial charge >= 0.3 is 637 Å². The standard InChI is InChI=1S/C106H83BN4Se2/c1-104(2,3)74-58-83(70-34-18-12-19-35-70)100(85(60-74)72-50-46-68(47-51-72)66-30-14-10-15-31-66)110-91-64-77(108-89-42-26-22-38-79(89)97-81-40-24-28-44-95(81)112-102(97)108)54-56-87(91)107-88-57-55-78(109-90-43-27-23-39-80(90)98-82-41-25-29-45-96(82)113-103(98)109)65-92(88)111(94-63-76(106(7,8)9)62-93(110)99(94)107)101-84(71-36-20-13-21-37-71)59-75(105(4,5)6)61-86(101)73-52-48-69(49-53-73)67-32-16-11-17-33-67/h10-65H,1-9H3/i22D,23D,24D,25D,26D,27D,28D,29D,38D,39D,40D,41D,42D,43D,44D,45D,54D,55D,56D,57D,64D,65D. The van der Waals surface area contributed by atoms with Crippen LogP contribution in [-0.2, 0) is 16.2 Å². The van der Waals surface area contributed by atoms with Crippen molar-refractivity contribution in [2.75, 3.05) is 9.80 Å². The van der Waals surface area contributed by atoms with Gasteiger partial charge in [-0.05, 0) is 11.1 Å². The van der Waals surface area contributed by atoms with Crippen LogP contribution in [0.2, 0.25) is 0 Å². The van der Waals surface area contributed by atoms with Gasteiger partial charge in [0.25, 0.3) is 0 Å². The summed E-state index contributed by atoms with van der Waals surface area (Å²) in [6.45, 7) is 17.4. The van der Waals surface area contributed by atoms with E-state index in [4.69, 9.17) is 5.48 Å². The predicted octanol–water partition coefficient (Wildman–Crippen LogP) is 26.3. The van der Waals surface area contributed by atoms with E-state index in [0.717, 1.165) is 33.4 Å². The molecule has 0 saturated heterocycles. The van der Waals surface area contributed by atoms with Crippen molar-refractivity contribution in [2.45, 2.75) is 78.6 Å². The van der Waals surface area contributed by atoms with E-state index in [0.29, 0.717) is 78.3 Å². The molecule has 2 aliphatic heterocycles. The first-order valence-corrected chi connectivity index (χ1v) is 41.3. The molecule has 19 aromatic rings. The Bertz CT molecular complexity index is 7950. The van der Waals surface area contributed by atoms with Crippen LogP contribution < -0.4 is 26.2 Å². The number of nitrogens with zero attached hydrogens (tertiary/aromatic N) is 4. The normalized spacial score (nSPS) is 15.7. The molecule has 6 heterocycles. The molecule has 4 nitrogen and oxygen atoms in total. The second kappa shape index (κ2) is 26.4. The first-order valence-electron chi connectivity index (χ1n) is 48.9. The third-order valence-electron chi connectivity index (χ3n) is 22.4. The summed E-state index contributed by atoms with van der Waals surface area (Å²) in [5.74, 6) is 0. The molecule has 0 atom stereocenters. The van der Waals surface area contributed by atoms with Crippen LogP contribution in [0.5, 0.6) is 0 Å². The van der Waals surface area contributed by atoms with Gasteiger partial charge in [-0.25, -0.2) is 0 Å². The molecule has 0 spiro atoms. The topological polar surface area (TPSA) is 16.3 Å². The molecule has 15 aromatic carbocycles. The SMILES string of the molecule is [2H]c1c([2H])c(-n2c3[se]c4c([2H])c([2H])c([2H])c([2H])c4c3c3c([2H])c([2H])c([2H])c([2H])c32)c([2H])c2c1B1c3c(cc(C(C)(C)C)cc3N(c3c(-c4ccccc4)cc(C(C)(C)C)cc3-c3ccc(-c4ccccc4)cc3)c3c([2H])c(-n4c5[se]c6c([2H])c([2H])c([2H])c([2H])c6c5c5c([2H])c([2H])c([2H])c([2H])c54)c([2H])c([2H])c31)N2c1c(-c2ccccc2)cc(C(C)(C)C)cc1-c1ccc(-c2ccccc2)cc1. The van der Waals surface area contributed by atoms with Gasteiger partial charge in [-0.15, -0.1) is 0 Å². The molecule has 4 aromatic heterocycles. The Labute approximate surface area is 704 Å². The molecule has 21 rings (SSSR count). The van der Waals surface area contributed by atoms with Gasteiger partial charge in [0.15, 0.2) is 0 Å². The van der Waals surface area contributed by atoms with Crippen LogP contribution >= 0.6 is 0 Å². The van der Waals surface area contributed by atoms with E-state index in [2.05, 4.69) is 147 Å². The fourth-order valence-corrected chi connectivity index (χ4v) is 21.4. The van der Waals surface area contributed by atoms with Crippen LogP contribution in [0.1, 0.15) is 109 Å². The average molecular weight is 1600 g/mol. The van der Waals surface area contributed by atoms with Crippen molar-refractivity contribution in [1.29, 1.82) is 0 Å². The summed E-state index contributed by atoms with van der Waals surface area (Å²) in [4.78, 5) is 3.98. The van der Waals surface area contributed by atoms with E-state index in [1.165, 1.54) is 9.13 Å². The van der Waals surface area contributed by atoms with Crippen molar-refractivity contribution >= 4 is 147 Å². The Hall–Kier alpha value is -11.9. The van der Waals surface area contributed by atoms with E-state index in [1.807, 2.05) is 131 Å². The molecule has 113 heavy (non-hydrogen) atoms. The quantitative estimate of drug-likeness (QED) is 0.127. The molecule has 2 aliphatic rings. The Morgan fingerprint density at radius 2 is 0.602 bits per heavy atom. The summed E-state index contributed by atoms with van der Waals surface area (Å²) in [6, 6.07) is 56.3. The molecule has 0 radical (unpaired) electrons. The molecular formula is C106H83BN4Se2. The Kier molecular flexibility index (Phi) is 11.5. The van der Waals surface area contributed by atoms with Gasteiger partial charge < -0.3 is 0 Å². The third-order valence-corrected chi connectivity index (χ3v) is 26.9. The summed E-state index contributed by atoms with van der Waals surface area (Å²) < 4.78 is 227. The monoisotopic (exact) mass is 1600 g/mol. The van der Waals surface area contributed by atoms with Gasteiger partial charge in [-0.2, -0.15) is 0 Å². The van der Waals surface area contributed by atoms with Crippen molar-refractivity contribution in [3.8, 4) is 78.1 Å². The van der Waals surface area contributed by atoms with Gasteiger partial charge in [0.05, 0.1) is 0 Å². The number of rotatable bonds is 10. The zero-order valence-electron chi connectivity index (χ0n) is 85.3. The Morgan fingerprint density at radius 3 is 0.965 bits per heavy atom. The van der Waals surface area contributed by atoms with Crippen molar-refractivity contribution in [3.63, 3.8) is 0 Å². The van der Waals surface area contributed by atoms with Gasteiger partial charge in [0.1, 0.15) is 0 Å². The summed E-state index contributed by atoms with van der Waals surface area (Å²) >= 11 is -2.47. The van der Waals surface area contributed by atoms with Crippen LogP contribution in [0.3, 0.4) is 0 Å².